The highest BCUT2D eigenvalue weighted by Gasteiger charge is 2.21. The first-order valence-electron chi connectivity index (χ1n) is 5.78. The van der Waals surface area contributed by atoms with Gasteiger partial charge in [0.05, 0.1) is 11.1 Å². The zero-order chi connectivity index (χ0) is 14.7. The summed E-state index contributed by atoms with van der Waals surface area (Å²) >= 11 is 1.35. The number of hydrogen-bond acceptors (Lipinski definition) is 5. The maximum Gasteiger partial charge on any atom is 0.204 e. The Bertz CT molecular complexity index is 644. The molecule has 0 atom stereocenters. The van der Waals surface area contributed by atoms with E-state index in [1.165, 1.54) is 24.0 Å². The predicted octanol–water partition coefficient (Wildman–Crippen LogP) is 2.68. The van der Waals surface area contributed by atoms with Crippen LogP contribution < -0.4 is 5.73 Å². The summed E-state index contributed by atoms with van der Waals surface area (Å²) in [5, 5.41) is 0.413. The second-order valence-electron chi connectivity index (χ2n) is 3.81. The topological polar surface area (TPSA) is 68.9 Å². The maximum absolute atomic E-state index is 13.6. The predicted molar refractivity (Wildman–Crippen MR) is 72.6 cm³/mol. The van der Waals surface area contributed by atoms with Crippen molar-refractivity contribution < 1.29 is 13.6 Å². The minimum Gasteiger partial charge on any atom is -0.383 e. The van der Waals surface area contributed by atoms with Crippen molar-refractivity contribution in [1.82, 2.24) is 9.97 Å². The summed E-state index contributed by atoms with van der Waals surface area (Å²) in [6.45, 7) is 1.91. The van der Waals surface area contributed by atoms with Crippen LogP contribution in [0.25, 0.3) is 0 Å². The molecule has 0 amide bonds. The molecule has 104 valence electrons. The van der Waals surface area contributed by atoms with Gasteiger partial charge in [-0.05, 0) is 17.9 Å². The van der Waals surface area contributed by atoms with Gasteiger partial charge in [-0.3, -0.25) is 4.79 Å². The zero-order valence-corrected chi connectivity index (χ0v) is 11.4. The first kappa shape index (κ1) is 14.4. The van der Waals surface area contributed by atoms with Gasteiger partial charge in [0.2, 0.25) is 5.78 Å². The van der Waals surface area contributed by atoms with Crippen molar-refractivity contribution in [2.24, 2.45) is 0 Å². The maximum atomic E-state index is 13.6. The summed E-state index contributed by atoms with van der Waals surface area (Å²) in [6, 6.07) is 3.20. The lowest BCUT2D eigenvalue weighted by molar-refractivity contribution is 0.103. The van der Waals surface area contributed by atoms with Crippen molar-refractivity contribution in [3.05, 3.63) is 47.2 Å². The first-order chi connectivity index (χ1) is 9.54. The van der Waals surface area contributed by atoms with Gasteiger partial charge in [-0.2, -0.15) is 0 Å². The van der Waals surface area contributed by atoms with Gasteiger partial charge in [-0.25, -0.2) is 18.7 Å². The summed E-state index contributed by atoms with van der Waals surface area (Å²) < 4.78 is 27.1. The highest BCUT2D eigenvalue weighted by Crippen LogP contribution is 2.21. The number of carbonyl (C=O) groups excluding carboxylic acids is 1. The van der Waals surface area contributed by atoms with E-state index in [2.05, 4.69) is 9.97 Å². The Balaban J connectivity index is 2.44. The molecular weight excluding hydrogens is 284 g/mol. The molecule has 0 unspecified atom stereocenters. The molecule has 0 aliphatic carbocycles. The lowest BCUT2D eigenvalue weighted by atomic mass is 10.0. The van der Waals surface area contributed by atoms with Crippen molar-refractivity contribution in [3.8, 4) is 0 Å². The molecular formula is C13H11F2N3OS. The number of hydrogen-bond donors (Lipinski definition) is 1. The molecule has 0 bridgehead atoms. The second kappa shape index (κ2) is 5.96. The van der Waals surface area contributed by atoms with E-state index >= 15 is 0 Å². The van der Waals surface area contributed by atoms with Crippen LogP contribution in [0.4, 0.5) is 14.6 Å². The number of nitrogens with zero attached hydrogens (tertiary/aromatic N) is 2. The lowest BCUT2D eigenvalue weighted by Gasteiger charge is -2.07. The number of benzene rings is 1. The molecule has 0 aliphatic heterocycles. The van der Waals surface area contributed by atoms with E-state index in [-0.39, 0.29) is 11.4 Å². The molecule has 0 saturated carbocycles. The number of carbonyl (C=O) groups is 1. The normalized spacial score (nSPS) is 10.6. The van der Waals surface area contributed by atoms with Gasteiger partial charge in [0.25, 0.3) is 0 Å². The minimum absolute atomic E-state index is 0.0939. The quantitative estimate of drug-likeness (QED) is 0.533. The van der Waals surface area contributed by atoms with E-state index in [0.717, 1.165) is 17.9 Å². The summed E-state index contributed by atoms with van der Waals surface area (Å²) in [6.07, 6.45) is 1.19. The van der Waals surface area contributed by atoms with Gasteiger partial charge in [-0.15, -0.1) is 0 Å². The Kier molecular flexibility index (Phi) is 4.29. The average molecular weight is 295 g/mol. The number of ketones is 1. The summed E-state index contributed by atoms with van der Waals surface area (Å²) in [4.78, 5) is 20.0. The molecule has 2 aromatic rings. The monoisotopic (exact) mass is 295 g/mol. The van der Waals surface area contributed by atoms with Gasteiger partial charge < -0.3 is 5.73 Å². The Morgan fingerprint density at radius 1 is 1.35 bits per heavy atom. The van der Waals surface area contributed by atoms with Crippen molar-refractivity contribution in [2.45, 2.75) is 12.1 Å². The van der Waals surface area contributed by atoms with Crippen molar-refractivity contribution in [3.63, 3.8) is 0 Å². The Labute approximate surface area is 118 Å². The molecule has 2 N–H and O–H groups in total. The standard InChI is InChI=1S/C13H11F2N3OS/c1-2-20-13-17-6-7(12(16)18-13)11(19)10-8(14)4-3-5-9(10)15/h3-6H,2H2,1H3,(H2,16,17,18). The van der Waals surface area contributed by atoms with Crippen LogP contribution >= 0.6 is 11.8 Å². The smallest absolute Gasteiger partial charge is 0.204 e. The molecule has 1 aromatic heterocycles. The largest absolute Gasteiger partial charge is 0.383 e. The summed E-state index contributed by atoms with van der Waals surface area (Å²) in [5.74, 6) is -2.10. The number of nitrogens with two attached hydrogens (primary N) is 1. The number of halogens is 2. The van der Waals surface area contributed by atoms with Crippen molar-refractivity contribution in [1.29, 1.82) is 0 Å². The Morgan fingerprint density at radius 3 is 2.55 bits per heavy atom. The molecule has 1 heterocycles. The van der Waals surface area contributed by atoms with Crippen LogP contribution in [0.15, 0.2) is 29.6 Å². The molecule has 20 heavy (non-hydrogen) atoms. The third-order valence-electron chi connectivity index (χ3n) is 2.50. The van der Waals surface area contributed by atoms with E-state index in [1.54, 1.807) is 0 Å². The van der Waals surface area contributed by atoms with Crippen molar-refractivity contribution >= 4 is 23.4 Å². The van der Waals surface area contributed by atoms with Gasteiger partial charge in [-0.1, -0.05) is 24.8 Å². The van der Waals surface area contributed by atoms with Crippen LogP contribution in [0.1, 0.15) is 22.8 Å². The van der Waals surface area contributed by atoms with Gasteiger partial charge in [0, 0.05) is 6.20 Å². The fourth-order valence-corrected chi connectivity index (χ4v) is 2.15. The van der Waals surface area contributed by atoms with E-state index in [1.807, 2.05) is 6.92 Å². The van der Waals surface area contributed by atoms with Crippen molar-refractivity contribution in [2.75, 3.05) is 11.5 Å². The molecule has 0 aliphatic rings. The Hall–Kier alpha value is -2.02. The molecule has 7 heteroatoms. The second-order valence-corrected chi connectivity index (χ2v) is 5.04. The van der Waals surface area contributed by atoms with Gasteiger partial charge in [0.1, 0.15) is 17.5 Å². The molecule has 0 radical (unpaired) electrons. The summed E-state index contributed by atoms with van der Waals surface area (Å²) in [7, 11) is 0. The van der Waals surface area contributed by atoms with Crippen LogP contribution in [0.3, 0.4) is 0 Å². The highest BCUT2D eigenvalue weighted by molar-refractivity contribution is 7.99. The third kappa shape index (κ3) is 2.77. The number of anilines is 1. The molecule has 0 fully saturated rings. The van der Waals surface area contributed by atoms with E-state index in [4.69, 9.17) is 5.73 Å². The van der Waals surface area contributed by atoms with Gasteiger partial charge >= 0.3 is 0 Å². The van der Waals surface area contributed by atoms with E-state index in [9.17, 15) is 13.6 Å². The number of aromatic nitrogens is 2. The third-order valence-corrected chi connectivity index (χ3v) is 3.25. The summed E-state index contributed by atoms with van der Waals surface area (Å²) in [5.41, 5.74) is 4.89. The Morgan fingerprint density at radius 2 is 2.00 bits per heavy atom. The number of rotatable bonds is 4. The fourth-order valence-electron chi connectivity index (χ4n) is 1.60. The van der Waals surface area contributed by atoms with Crippen LogP contribution in [0.2, 0.25) is 0 Å². The molecule has 2 rings (SSSR count). The van der Waals surface area contributed by atoms with Crippen LogP contribution in [-0.2, 0) is 0 Å². The number of nitrogen functional groups attached to an aromatic ring is 1. The van der Waals surface area contributed by atoms with Gasteiger partial charge in [0.15, 0.2) is 5.16 Å². The highest BCUT2D eigenvalue weighted by atomic mass is 32.2. The minimum atomic E-state index is -0.943. The van der Waals surface area contributed by atoms with Crippen LogP contribution in [0.5, 0.6) is 0 Å². The van der Waals surface area contributed by atoms with E-state index < -0.39 is 23.0 Å². The average Bonchev–Trinajstić information content (AvgIpc) is 2.38. The zero-order valence-electron chi connectivity index (χ0n) is 10.6. The van der Waals surface area contributed by atoms with Crippen LogP contribution in [-0.4, -0.2) is 21.5 Å². The first-order valence-corrected chi connectivity index (χ1v) is 6.77. The fraction of sp³-hybridized carbons (Fsp3) is 0.154. The molecule has 0 spiro atoms. The molecule has 4 nitrogen and oxygen atoms in total. The lowest BCUT2D eigenvalue weighted by Crippen LogP contribution is -2.12. The van der Waals surface area contributed by atoms with E-state index in [0.29, 0.717) is 5.16 Å². The SMILES string of the molecule is CCSc1ncc(C(=O)c2c(F)cccc2F)c(N)n1. The van der Waals surface area contributed by atoms with Crippen LogP contribution in [0, 0.1) is 11.6 Å². The number of thioether (sulfide) groups is 1. The molecule has 1 aromatic carbocycles. The molecule has 0 saturated heterocycles.